The van der Waals surface area contributed by atoms with Crippen molar-refractivity contribution in [3.8, 4) is 0 Å². The highest BCUT2D eigenvalue weighted by Crippen LogP contribution is 2.29. The fourth-order valence-electron chi connectivity index (χ4n) is 2.81. The summed E-state index contributed by atoms with van der Waals surface area (Å²) < 4.78 is 0. The summed E-state index contributed by atoms with van der Waals surface area (Å²) in [5, 5.41) is 13.7. The second-order valence-electron chi connectivity index (χ2n) is 5.97. The Bertz CT molecular complexity index is 559. The zero-order chi connectivity index (χ0) is 15.6. The highest BCUT2D eigenvalue weighted by molar-refractivity contribution is 5.95. The van der Waals surface area contributed by atoms with E-state index < -0.39 is 4.92 Å². The first-order chi connectivity index (χ1) is 9.88. The van der Waals surface area contributed by atoms with Gasteiger partial charge in [0, 0.05) is 17.7 Å². The van der Waals surface area contributed by atoms with Crippen LogP contribution in [0.3, 0.4) is 0 Å². The van der Waals surface area contributed by atoms with Crippen molar-refractivity contribution in [2.75, 3.05) is 5.73 Å². The average Bonchev–Trinajstić information content (AvgIpc) is 2.42. The summed E-state index contributed by atoms with van der Waals surface area (Å²) in [7, 11) is 0. The number of carbonyl (C=O) groups excluding carboxylic acids is 1. The van der Waals surface area contributed by atoms with Crippen LogP contribution in [0.1, 0.15) is 43.5 Å². The Balaban J connectivity index is 2.04. The number of hydrogen-bond donors (Lipinski definition) is 2. The van der Waals surface area contributed by atoms with Gasteiger partial charge in [0.05, 0.1) is 4.92 Å². The smallest absolute Gasteiger partial charge is 0.292 e. The molecule has 0 spiro atoms. The molecule has 0 radical (unpaired) electrons. The van der Waals surface area contributed by atoms with Gasteiger partial charge in [-0.2, -0.15) is 0 Å². The van der Waals surface area contributed by atoms with Crippen LogP contribution in [0.5, 0.6) is 0 Å². The first kappa shape index (κ1) is 15.3. The monoisotopic (exact) mass is 291 g/mol. The largest absolute Gasteiger partial charge is 0.393 e. The molecule has 3 N–H and O–H groups in total. The van der Waals surface area contributed by atoms with Crippen molar-refractivity contribution in [2.45, 2.75) is 39.2 Å². The Hall–Kier alpha value is -2.11. The van der Waals surface area contributed by atoms with E-state index in [4.69, 9.17) is 5.73 Å². The van der Waals surface area contributed by atoms with E-state index in [1.807, 2.05) is 0 Å². The minimum atomic E-state index is -0.554. The standard InChI is InChI=1S/C15H21N3O3/c1-9-3-5-12(7-10(9)2)17-15(19)11-4-6-14(18(20)21)13(16)8-11/h4,6,8-10,12H,3,5,7,16H2,1-2H3,(H,17,19). The highest BCUT2D eigenvalue weighted by atomic mass is 16.6. The number of anilines is 1. The van der Waals surface area contributed by atoms with Crippen LogP contribution in [-0.2, 0) is 0 Å². The molecule has 6 heteroatoms. The molecule has 1 aromatic rings. The number of carbonyl (C=O) groups is 1. The van der Waals surface area contributed by atoms with Gasteiger partial charge in [-0.25, -0.2) is 0 Å². The molecule has 0 heterocycles. The lowest BCUT2D eigenvalue weighted by Gasteiger charge is -2.32. The lowest BCUT2D eigenvalue weighted by atomic mass is 9.79. The lowest BCUT2D eigenvalue weighted by Crippen LogP contribution is -2.39. The number of rotatable bonds is 3. The number of nitrogens with one attached hydrogen (secondary N) is 1. The second-order valence-corrected chi connectivity index (χ2v) is 5.97. The van der Waals surface area contributed by atoms with Crippen LogP contribution in [0, 0.1) is 22.0 Å². The van der Waals surface area contributed by atoms with Gasteiger partial charge in [-0.05, 0) is 43.2 Å². The molecule has 1 saturated carbocycles. The molecule has 0 aliphatic heterocycles. The van der Waals surface area contributed by atoms with E-state index in [0.29, 0.717) is 17.4 Å². The van der Waals surface area contributed by atoms with Crippen molar-refractivity contribution in [3.63, 3.8) is 0 Å². The molecule has 0 aromatic heterocycles. The molecule has 3 unspecified atom stereocenters. The third-order valence-corrected chi connectivity index (χ3v) is 4.42. The predicted molar refractivity (Wildman–Crippen MR) is 80.9 cm³/mol. The quantitative estimate of drug-likeness (QED) is 0.508. The summed E-state index contributed by atoms with van der Waals surface area (Å²) in [5.74, 6) is 1.06. The molecule has 1 amide bonds. The van der Waals surface area contributed by atoms with Crippen LogP contribution < -0.4 is 11.1 Å². The summed E-state index contributed by atoms with van der Waals surface area (Å²) in [5.41, 5.74) is 5.81. The van der Waals surface area contributed by atoms with Crippen molar-refractivity contribution in [3.05, 3.63) is 33.9 Å². The molecule has 0 bridgehead atoms. The van der Waals surface area contributed by atoms with Gasteiger partial charge in [0.15, 0.2) is 0 Å². The maximum Gasteiger partial charge on any atom is 0.292 e. The van der Waals surface area contributed by atoms with Gasteiger partial charge in [0.25, 0.3) is 11.6 Å². The molecule has 1 aliphatic carbocycles. The van der Waals surface area contributed by atoms with E-state index in [2.05, 4.69) is 19.2 Å². The number of nitrogen functional groups attached to an aromatic ring is 1. The summed E-state index contributed by atoms with van der Waals surface area (Å²) in [6.45, 7) is 4.44. The molecule has 1 fully saturated rings. The molecule has 3 atom stereocenters. The zero-order valence-electron chi connectivity index (χ0n) is 12.3. The maximum absolute atomic E-state index is 12.2. The lowest BCUT2D eigenvalue weighted by molar-refractivity contribution is -0.383. The van der Waals surface area contributed by atoms with E-state index in [-0.39, 0.29) is 23.3 Å². The normalized spacial score (nSPS) is 25.3. The maximum atomic E-state index is 12.2. The number of nitro groups is 1. The van der Waals surface area contributed by atoms with E-state index in [1.165, 1.54) is 18.2 Å². The van der Waals surface area contributed by atoms with Gasteiger partial charge in [-0.3, -0.25) is 14.9 Å². The van der Waals surface area contributed by atoms with E-state index in [9.17, 15) is 14.9 Å². The van der Waals surface area contributed by atoms with E-state index in [1.54, 1.807) is 0 Å². The summed E-state index contributed by atoms with van der Waals surface area (Å²) in [6, 6.07) is 4.25. The Morgan fingerprint density at radius 1 is 1.33 bits per heavy atom. The van der Waals surface area contributed by atoms with E-state index >= 15 is 0 Å². The number of benzene rings is 1. The van der Waals surface area contributed by atoms with Crippen LogP contribution in [0.4, 0.5) is 11.4 Å². The number of amides is 1. The van der Waals surface area contributed by atoms with Gasteiger partial charge in [0.2, 0.25) is 0 Å². The highest BCUT2D eigenvalue weighted by Gasteiger charge is 2.26. The van der Waals surface area contributed by atoms with Crippen molar-refractivity contribution in [1.29, 1.82) is 0 Å². The molecule has 0 saturated heterocycles. The third kappa shape index (κ3) is 3.51. The number of nitro benzene ring substituents is 1. The minimum Gasteiger partial charge on any atom is -0.393 e. The summed E-state index contributed by atoms with van der Waals surface area (Å²) >= 11 is 0. The molecule has 1 aliphatic rings. The number of hydrogen-bond acceptors (Lipinski definition) is 4. The molecular formula is C15H21N3O3. The SMILES string of the molecule is CC1CCC(NC(=O)c2ccc([N+](=O)[O-])c(N)c2)CC1C. The van der Waals surface area contributed by atoms with Crippen LogP contribution >= 0.6 is 0 Å². The Labute approximate surface area is 123 Å². The van der Waals surface area contributed by atoms with Gasteiger partial charge in [-0.1, -0.05) is 13.8 Å². The molecule has 114 valence electrons. The number of nitrogens with zero attached hydrogens (tertiary/aromatic N) is 1. The van der Waals surface area contributed by atoms with Crippen LogP contribution in [0.2, 0.25) is 0 Å². The summed E-state index contributed by atoms with van der Waals surface area (Å²) in [4.78, 5) is 22.4. The molecule has 6 nitrogen and oxygen atoms in total. The Morgan fingerprint density at radius 3 is 2.62 bits per heavy atom. The van der Waals surface area contributed by atoms with Gasteiger partial charge in [0.1, 0.15) is 5.69 Å². The zero-order valence-corrected chi connectivity index (χ0v) is 12.3. The second kappa shape index (κ2) is 6.11. The molecular weight excluding hydrogens is 270 g/mol. The minimum absolute atomic E-state index is 0.0123. The molecule has 21 heavy (non-hydrogen) atoms. The van der Waals surface area contributed by atoms with Crippen LogP contribution in [0.15, 0.2) is 18.2 Å². The molecule has 2 rings (SSSR count). The van der Waals surface area contributed by atoms with Gasteiger partial charge >= 0.3 is 0 Å². The first-order valence-electron chi connectivity index (χ1n) is 7.23. The van der Waals surface area contributed by atoms with Crippen molar-refractivity contribution < 1.29 is 9.72 Å². The third-order valence-electron chi connectivity index (χ3n) is 4.42. The van der Waals surface area contributed by atoms with Crippen molar-refractivity contribution in [2.24, 2.45) is 11.8 Å². The Kier molecular flexibility index (Phi) is 4.45. The van der Waals surface area contributed by atoms with Gasteiger partial charge in [-0.15, -0.1) is 0 Å². The van der Waals surface area contributed by atoms with Crippen molar-refractivity contribution >= 4 is 17.3 Å². The number of nitrogens with two attached hydrogens (primary N) is 1. The topological polar surface area (TPSA) is 98.3 Å². The van der Waals surface area contributed by atoms with Crippen LogP contribution in [-0.4, -0.2) is 16.9 Å². The van der Waals surface area contributed by atoms with Crippen molar-refractivity contribution in [1.82, 2.24) is 5.32 Å². The molecule has 1 aromatic carbocycles. The fraction of sp³-hybridized carbons (Fsp3) is 0.533. The fourth-order valence-corrected chi connectivity index (χ4v) is 2.81. The average molecular weight is 291 g/mol. The van der Waals surface area contributed by atoms with Gasteiger partial charge < -0.3 is 11.1 Å². The van der Waals surface area contributed by atoms with E-state index in [0.717, 1.165) is 19.3 Å². The predicted octanol–water partition coefficient (Wildman–Crippen LogP) is 2.73. The summed E-state index contributed by atoms with van der Waals surface area (Å²) in [6.07, 6.45) is 3.05. The Morgan fingerprint density at radius 2 is 2.05 bits per heavy atom. The first-order valence-corrected chi connectivity index (χ1v) is 7.23. The van der Waals surface area contributed by atoms with Crippen LogP contribution in [0.25, 0.3) is 0 Å².